The number of nitrogens with one attached hydrogen (secondary N) is 2. The predicted molar refractivity (Wildman–Crippen MR) is 41.7 cm³/mol. The number of carbonyl (C=O) groups excluding carboxylic acids is 1. The van der Waals surface area contributed by atoms with Crippen LogP contribution in [0.25, 0.3) is 0 Å². The average Bonchev–Trinajstić information content (AvgIpc) is 2.09. The van der Waals surface area contributed by atoms with E-state index in [1.54, 1.807) is 0 Å². The lowest BCUT2D eigenvalue weighted by molar-refractivity contribution is 0.0279. The van der Waals surface area contributed by atoms with Crippen LogP contribution in [0.2, 0.25) is 0 Å². The number of ether oxygens (including phenoxy) is 1. The average molecular weight is 176 g/mol. The third kappa shape index (κ3) is 2.34. The van der Waals surface area contributed by atoms with Gasteiger partial charge >= 0.3 is 6.09 Å². The first-order valence-electron chi connectivity index (χ1n) is 3.97. The normalized spacial score (nSPS) is 29.5. The summed E-state index contributed by atoms with van der Waals surface area (Å²) in [7, 11) is 1.46. The third-order valence-electron chi connectivity index (χ3n) is 1.81. The van der Waals surface area contributed by atoms with Gasteiger partial charge in [-0.05, 0) is 13.0 Å². The zero-order chi connectivity index (χ0) is 8.97. The quantitative estimate of drug-likeness (QED) is 0.593. The van der Waals surface area contributed by atoms with Gasteiger partial charge in [-0.1, -0.05) is 0 Å². The van der Waals surface area contributed by atoms with E-state index in [-0.39, 0.29) is 6.54 Å². The highest BCUT2D eigenvalue weighted by molar-refractivity contribution is 5.66. The van der Waals surface area contributed by atoms with Crippen molar-refractivity contribution in [2.24, 2.45) is 0 Å². The Morgan fingerprint density at radius 2 is 2.50 bits per heavy atom. The molecular weight excluding hydrogens is 163 g/mol. The molecule has 1 amide bonds. The fourth-order valence-corrected chi connectivity index (χ4v) is 1.13. The lowest BCUT2D eigenvalue weighted by atomic mass is 10.1. The first-order chi connectivity index (χ1) is 5.74. The Labute approximate surface area is 70.5 Å². The molecule has 0 bridgehead atoms. The van der Waals surface area contributed by atoms with E-state index in [4.69, 9.17) is 4.74 Å². The molecule has 0 aromatic rings. The summed E-state index contributed by atoms with van der Waals surface area (Å²) in [6.45, 7) is 0.962. The van der Waals surface area contributed by atoms with Crippen LogP contribution in [0.1, 0.15) is 6.42 Å². The van der Waals surface area contributed by atoms with E-state index < -0.39 is 18.4 Å². The summed E-state index contributed by atoms with van der Waals surface area (Å²) in [5.74, 6) is 0. The zero-order valence-corrected chi connectivity index (χ0v) is 6.97. The molecule has 1 rings (SSSR count). The van der Waals surface area contributed by atoms with Crippen LogP contribution < -0.4 is 10.6 Å². The fourth-order valence-electron chi connectivity index (χ4n) is 1.13. The van der Waals surface area contributed by atoms with E-state index in [9.17, 15) is 9.18 Å². The second-order valence-electron chi connectivity index (χ2n) is 2.70. The second-order valence-corrected chi connectivity index (χ2v) is 2.70. The maximum Gasteiger partial charge on any atom is 0.407 e. The van der Waals surface area contributed by atoms with Crippen LogP contribution in [0.15, 0.2) is 0 Å². The summed E-state index contributed by atoms with van der Waals surface area (Å²) in [6, 6.07) is 0. The first-order valence-corrected chi connectivity index (χ1v) is 3.97. The Morgan fingerprint density at radius 3 is 3.08 bits per heavy atom. The Hall–Kier alpha value is -0.840. The van der Waals surface area contributed by atoms with Crippen LogP contribution in [0.4, 0.5) is 9.18 Å². The smallest absolute Gasteiger partial charge is 0.407 e. The summed E-state index contributed by atoms with van der Waals surface area (Å²) < 4.78 is 17.8. The molecule has 1 fully saturated rings. The summed E-state index contributed by atoms with van der Waals surface area (Å²) in [5.41, 5.74) is 0. The number of alkyl halides is 1. The monoisotopic (exact) mass is 176 g/mol. The summed E-state index contributed by atoms with van der Waals surface area (Å²) in [6.07, 6.45) is -1.71. The lowest BCUT2D eigenvalue weighted by Gasteiger charge is -2.26. The summed E-state index contributed by atoms with van der Waals surface area (Å²) in [4.78, 5) is 10.7. The number of hydrogen-bond donors (Lipinski definition) is 2. The van der Waals surface area contributed by atoms with Crippen LogP contribution >= 0.6 is 0 Å². The lowest BCUT2D eigenvalue weighted by Crippen LogP contribution is -2.44. The van der Waals surface area contributed by atoms with Crippen molar-refractivity contribution in [2.75, 3.05) is 20.1 Å². The molecule has 0 aliphatic carbocycles. The van der Waals surface area contributed by atoms with Gasteiger partial charge in [-0.15, -0.1) is 0 Å². The minimum atomic E-state index is -1.09. The Balaban J connectivity index is 2.33. The van der Waals surface area contributed by atoms with Crippen molar-refractivity contribution < 1.29 is 13.9 Å². The number of alkyl carbamates (subject to hydrolysis) is 1. The van der Waals surface area contributed by atoms with Crippen molar-refractivity contribution in [2.45, 2.75) is 18.7 Å². The highest BCUT2D eigenvalue weighted by Crippen LogP contribution is 2.11. The first kappa shape index (κ1) is 9.25. The molecule has 5 heteroatoms. The maximum atomic E-state index is 13.0. The van der Waals surface area contributed by atoms with Crippen molar-refractivity contribution in [1.82, 2.24) is 10.6 Å². The molecule has 1 aliphatic rings. The van der Waals surface area contributed by atoms with Gasteiger partial charge in [0.05, 0.1) is 0 Å². The Morgan fingerprint density at radius 1 is 1.75 bits per heavy atom. The number of rotatable bonds is 1. The van der Waals surface area contributed by atoms with E-state index >= 15 is 0 Å². The molecule has 0 unspecified atom stereocenters. The third-order valence-corrected chi connectivity index (χ3v) is 1.81. The van der Waals surface area contributed by atoms with Gasteiger partial charge < -0.3 is 15.4 Å². The van der Waals surface area contributed by atoms with Crippen LogP contribution in [0.3, 0.4) is 0 Å². The van der Waals surface area contributed by atoms with Crippen LogP contribution in [-0.2, 0) is 4.74 Å². The molecule has 0 spiro atoms. The predicted octanol–water partition coefficient (Wildman–Crippen LogP) is 0.0424. The molecule has 4 nitrogen and oxygen atoms in total. The summed E-state index contributed by atoms with van der Waals surface area (Å²) >= 11 is 0. The molecule has 0 saturated carbocycles. The molecule has 1 heterocycles. The minimum Gasteiger partial charge on any atom is -0.443 e. The maximum absolute atomic E-state index is 13.0. The van der Waals surface area contributed by atoms with Crippen LogP contribution in [0, 0.1) is 0 Å². The van der Waals surface area contributed by atoms with Gasteiger partial charge in [0.1, 0.15) is 12.3 Å². The SMILES string of the molecule is CNC(=O)O[C@H]1CCNC[C@@H]1F. The number of halogens is 1. The molecule has 12 heavy (non-hydrogen) atoms. The minimum absolute atomic E-state index is 0.266. The largest absolute Gasteiger partial charge is 0.443 e. The molecule has 1 aliphatic heterocycles. The van der Waals surface area contributed by atoms with Crippen molar-refractivity contribution >= 4 is 6.09 Å². The van der Waals surface area contributed by atoms with E-state index in [2.05, 4.69) is 10.6 Å². The highest BCUT2D eigenvalue weighted by atomic mass is 19.1. The fraction of sp³-hybridized carbons (Fsp3) is 0.857. The van der Waals surface area contributed by atoms with Gasteiger partial charge in [-0.25, -0.2) is 9.18 Å². The van der Waals surface area contributed by atoms with Crippen molar-refractivity contribution in [3.63, 3.8) is 0 Å². The Bertz CT molecular complexity index is 165. The number of amides is 1. The van der Waals surface area contributed by atoms with Gasteiger partial charge in [0.25, 0.3) is 0 Å². The second kappa shape index (κ2) is 4.25. The van der Waals surface area contributed by atoms with Gasteiger partial charge in [-0.2, -0.15) is 0 Å². The van der Waals surface area contributed by atoms with E-state index in [1.807, 2.05) is 0 Å². The number of hydrogen-bond acceptors (Lipinski definition) is 3. The molecule has 0 aromatic carbocycles. The molecule has 0 aromatic heterocycles. The van der Waals surface area contributed by atoms with E-state index in [0.29, 0.717) is 13.0 Å². The zero-order valence-electron chi connectivity index (χ0n) is 6.97. The van der Waals surface area contributed by atoms with Crippen LogP contribution in [-0.4, -0.2) is 38.5 Å². The van der Waals surface area contributed by atoms with Gasteiger partial charge in [0, 0.05) is 13.6 Å². The summed E-state index contributed by atoms with van der Waals surface area (Å²) in [5, 5.41) is 5.15. The number of piperidine rings is 1. The van der Waals surface area contributed by atoms with Crippen molar-refractivity contribution in [3.05, 3.63) is 0 Å². The highest BCUT2D eigenvalue weighted by Gasteiger charge is 2.27. The topological polar surface area (TPSA) is 50.4 Å². The molecule has 0 radical (unpaired) electrons. The van der Waals surface area contributed by atoms with Gasteiger partial charge in [0.2, 0.25) is 0 Å². The molecule has 2 N–H and O–H groups in total. The number of carbonyl (C=O) groups is 1. The molecule has 1 saturated heterocycles. The molecule has 70 valence electrons. The molecular formula is C7H13FN2O2. The van der Waals surface area contributed by atoms with E-state index in [1.165, 1.54) is 7.05 Å². The van der Waals surface area contributed by atoms with Crippen molar-refractivity contribution in [1.29, 1.82) is 0 Å². The van der Waals surface area contributed by atoms with Gasteiger partial charge in [-0.3, -0.25) is 0 Å². The van der Waals surface area contributed by atoms with Crippen molar-refractivity contribution in [3.8, 4) is 0 Å². The van der Waals surface area contributed by atoms with Gasteiger partial charge in [0.15, 0.2) is 0 Å². The van der Waals surface area contributed by atoms with Crippen LogP contribution in [0.5, 0.6) is 0 Å². The molecule has 2 atom stereocenters. The van der Waals surface area contributed by atoms with E-state index in [0.717, 1.165) is 0 Å². The standard InChI is InChI=1S/C7H13FN2O2/c1-9-7(11)12-6-2-3-10-4-5(6)8/h5-6,10H,2-4H2,1H3,(H,9,11)/t5-,6-/m0/s1. The Kier molecular flexibility index (Phi) is 3.28.